The molecule has 1 fully saturated rings. The van der Waals surface area contributed by atoms with Crippen LogP contribution in [-0.2, 0) is 0 Å². The Morgan fingerprint density at radius 3 is 2.29 bits per heavy atom. The Labute approximate surface area is 108 Å². The molecule has 1 N–H and O–H groups in total. The van der Waals surface area contributed by atoms with Gasteiger partial charge in [0.05, 0.1) is 0 Å². The van der Waals surface area contributed by atoms with Gasteiger partial charge >= 0.3 is 0 Å². The van der Waals surface area contributed by atoms with Crippen LogP contribution in [0.15, 0.2) is 0 Å². The van der Waals surface area contributed by atoms with E-state index in [1.807, 2.05) is 0 Å². The van der Waals surface area contributed by atoms with Gasteiger partial charge in [0.25, 0.3) is 0 Å². The SMILES string of the molecule is CC(C)N(CCN(C)C)CC1NCCC1(C)C. The van der Waals surface area contributed by atoms with Gasteiger partial charge in [-0.2, -0.15) is 0 Å². The molecule has 1 aliphatic rings. The van der Waals surface area contributed by atoms with E-state index in [1.54, 1.807) is 0 Å². The summed E-state index contributed by atoms with van der Waals surface area (Å²) in [4.78, 5) is 4.87. The fraction of sp³-hybridized carbons (Fsp3) is 1.00. The van der Waals surface area contributed by atoms with Crippen LogP contribution in [0.2, 0.25) is 0 Å². The number of likely N-dealkylation sites (N-methyl/N-ethyl adjacent to an activating group) is 1. The summed E-state index contributed by atoms with van der Waals surface area (Å²) < 4.78 is 0. The van der Waals surface area contributed by atoms with Gasteiger partial charge in [0.1, 0.15) is 0 Å². The third-order valence-corrected chi connectivity index (χ3v) is 4.09. The molecule has 0 aromatic heterocycles. The molecule has 1 heterocycles. The fourth-order valence-corrected chi connectivity index (χ4v) is 2.45. The van der Waals surface area contributed by atoms with Crippen LogP contribution in [0.25, 0.3) is 0 Å². The first-order chi connectivity index (χ1) is 7.83. The second-order valence-corrected chi connectivity index (χ2v) is 6.64. The van der Waals surface area contributed by atoms with Crippen molar-refractivity contribution in [2.45, 2.75) is 46.2 Å². The number of hydrogen-bond acceptors (Lipinski definition) is 3. The number of nitrogens with one attached hydrogen (secondary N) is 1. The van der Waals surface area contributed by atoms with E-state index in [1.165, 1.54) is 26.1 Å². The molecule has 0 aromatic carbocycles. The first kappa shape index (κ1) is 14.9. The van der Waals surface area contributed by atoms with Crippen LogP contribution in [0.4, 0.5) is 0 Å². The maximum atomic E-state index is 3.66. The Morgan fingerprint density at radius 2 is 1.88 bits per heavy atom. The van der Waals surface area contributed by atoms with Crippen molar-refractivity contribution >= 4 is 0 Å². The quantitative estimate of drug-likeness (QED) is 0.763. The smallest absolute Gasteiger partial charge is 0.0246 e. The molecule has 3 nitrogen and oxygen atoms in total. The maximum absolute atomic E-state index is 3.66. The third kappa shape index (κ3) is 4.57. The minimum absolute atomic E-state index is 0.450. The van der Waals surface area contributed by atoms with Gasteiger partial charge in [0.2, 0.25) is 0 Å². The zero-order valence-electron chi connectivity index (χ0n) is 12.6. The molecule has 0 aromatic rings. The molecule has 0 saturated carbocycles. The summed E-state index contributed by atoms with van der Waals surface area (Å²) in [6, 6.07) is 1.28. The Bertz CT molecular complexity index is 224. The van der Waals surface area contributed by atoms with Crippen molar-refractivity contribution in [2.24, 2.45) is 5.41 Å². The van der Waals surface area contributed by atoms with Gasteiger partial charge in [-0.1, -0.05) is 13.8 Å². The molecule has 17 heavy (non-hydrogen) atoms. The van der Waals surface area contributed by atoms with Crippen LogP contribution >= 0.6 is 0 Å². The highest BCUT2D eigenvalue weighted by Crippen LogP contribution is 2.30. The standard InChI is InChI=1S/C14H31N3/c1-12(2)17(10-9-16(5)6)11-13-14(3,4)7-8-15-13/h12-13,15H,7-11H2,1-6H3. The zero-order valence-corrected chi connectivity index (χ0v) is 12.6. The van der Waals surface area contributed by atoms with E-state index in [0.29, 0.717) is 17.5 Å². The highest BCUT2D eigenvalue weighted by molar-refractivity contribution is 4.93. The van der Waals surface area contributed by atoms with E-state index in [-0.39, 0.29) is 0 Å². The lowest BCUT2D eigenvalue weighted by Crippen LogP contribution is -2.48. The second-order valence-electron chi connectivity index (χ2n) is 6.64. The normalized spacial score (nSPS) is 24.2. The molecule has 0 bridgehead atoms. The molecular weight excluding hydrogens is 210 g/mol. The molecule has 3 heteroatoms. The van der Waals surface area contributed by atoms with Crippen molar-refractivity contribution in [1.29, 1.82) is 0 Å². The Hall–Kier alpha value is -0.120. The predicted molar refractivity (Wildman–Crippen MR) is 75.5 cm³/mol. The van der Waals surface area contributed by atoms with Gasteiger partial charge in [-0.05, 0) is 46.3 Å². The van der Waals surface area contributed by atoms with Gasteiger partial charge in [-0.25, -0.2) is 0 Å². The summed E-state index contributed by atoms with van der Waals surface area (Å²) in [5.41, 5.74) is 0.450. The molecule has 0 spiro atoms. The van der Waals surface area contributed by atoms with Crippen LogP contribution in [0.3, 0.4) is 0 Å². The highest BCUT2D eigenvalue weighted by atomic mass is 15.2. The van der Waals surface area contributed by atoms with E-state index < -0.39 is 0 Å². The minimum Gasteiger partial charge on any atom is -0.312 e. The van der Waals surface area contributed by atoms with Crippen LogP contribution < -0.4 is 5.32 Å². The van der Waals surface area contributed by atoms with Crippen LogP contribution in [-0.4, -0.2) is 62.2 Å². The maximum Gasteiger partial charge on any atom is 0.0246 e. The van der Waals surface area contributed by atoms with Crippen molar-refractivity contribution in [3.63, 3.8) is 0 Å². The summed E-state index contributed by atoms with van der Waals surface area (Å²) in [5, 5.41) is 3.66. The van der Waals surface area contributed by atoms with Crippen LogP contribution in [0.1, 0.15) is 34.1 Å². The first-order valence-electron chi connectivity index (χ1n) is 6.95. The summed E-state index contributed by atoms with van der Waals surface area (Å²) in [6.45, 7) is 14.1. The number of nitrogens with zero attached hydrogens (tertiary/aromatic N) is 2. The Morgan fingerprint density at radius 1 is 1.24 bits per heavy atom. The summed E-state index contributed by atoms with van der Waals surface area (Å²) in [6.07, 6.45) is 1.30. The summed E-state index contributed by atoms with van der Waals surface area (Å²) in [7, 11) is 4.30. The van der Waals surface area contributed by atoms with Gasteiger partial charge in [-0.15, -0.1) is 0 Å². The fourth-order valence-electron chi connectivity index (χ4n) is 2.45. The number of rotatable bonds is 6. The molecule has 1 saturated heterocycles. The van der Waals surface area contributed by atoms with Crippen molar-refractivity contribution in [1.82, 2.24) is 15.1 Å². The van der Waals surface area contributed by atoms with Gasteiger partial charge in [0, 0.05) is 31.7 Å². The molecule has 1 atom stereocenters. The van der Waals surface area contributed by atoms with Crippen molar-refractivity contribution in [3.8, 4) is 0 Å². The van der Waals surface area contributed by atoms with E-state index >= 15 is 0 Å². The van der Waals surface area contributed by atoms with E-state index in [4.69, 9.17) is 0 Å². The Kier molecular flexibility index (Phi) is 5.42. The number of hydrogen-bond donors (Lipinski definition) is 1. The largest absolute Gasteiger partial charge is 0.312 e. The molecule has 1 unspecified atom stereocenters. The average molecular weight is 241 g/mol. The van der Waals surface area contributed by atoms with Gasteiger partial charge < -0.3 is 10.2 Å². The van der Waals surface area contributed by atoms with Crippen molar-refractivity contribution in [2.75, 3.05) is 40.3 Å². The monoisotopic (exact) mass is 241 g/mol. The molecule has 0 aliphatic carbocycles. The van der Waals surface area contributed by atoms with E-state index in [2.05, 4.69) is 56.9 Å². The Balaban J connectivity index is 2.49. The second kappa shape index (κ2) is 6.17. The van der Waals surface area contributed by atoms with Gasteiger partial charge in [0.15, 0.2) is 0 Å². The lowest BCUT2D eigenvalue weighted by Gasteiger charge is -2.35. The molecular formula is C14H31N3. The topological polar surface area (TPSA) is 18.5 Å². The summed E-state index contributed by atoms with van der Waals surface area (Å²) in [5.74, 6) is 0. The molecule has 0 radical (unpaired) electrons. The molecule has 0 amide bonds. The lowest BCUT2D eigenvalue weighted by atomic mass is 9.84. The third-order valence-electron chi connectivity index (χ3n) is 4.09. The molecule has 1 rings (SSSR count). The molecule has 102 valence electrons. The predicted octanol–water partition coefficient (Wildman–Crippen LogP) is 1.65. The first-order valence-corrected chi connectivity index (χ1v) is 6.95. The lowest BCUT2D eigenvalue weighted by molar-refractivity contribution is 0.153. The van der Waals surface area contributed by atoms with Crippen molar-refractivity contribution in [3.05, 3.63) is 0 Å². The molecule has 1 aliphatic heterocycles. The van der Waals surface area contributed by atoms with Crippen LogP contribution in [0.5, 0.6) is 0 Å². The van der Waals surface area contributed by atoms with Crippen molar-refractivity contribution < 1.29 is 0 Å². The zero-order chi connectivity index (χ0) is 13.1. The van der Waals surface area contributed by atoms with E-state index in [0.717, 1.165) is 6.54 Å². The van der Waals surface area contributed by atoms with Gasteiger partial charge in [-0.3, -0.25) is 4.90 Å². The average Bonchev–Trinajstić information content (AvgIpc) is 2.51. The van der Waals surface area contributed by atoms with Crippen LogP contribution in [0, 0.1) is 5.41 Å². The minimum atomic E-state index is 0.450. The van der Waals surface area contributed by atoms with E-state index in [9.17, 15) is 0 Å². The summed E-state index contributed by atoms with van der Waals surface area (Å²) >= 11 is 0. The highest BCUT2D eigenvalue weighted by Gasteiger charge is 2.35.